The number of hydrazine groups is 1. The number of rotatable bonds is 4. The molecule has 2 aromatic rings. The van der Waals surface area contributed by atoms with Crippen molar-refractivity contribution in [3.8, 4) is 0 Å². The van der Waals surface area contributed by atoms with Gasteiger partial charge in [0.2, 0.25) is 0 Å². The largest absolute Gasteiger partial charge is 0.399 e. The van der Waals surface area contributed by atoms with Crippen LogP contribution in [0.1, 0.15) is 16.1 Å². The first kappa shape index (κ1) is 14.6. The van der Waals surface area contributed by atoms with Crippen molar-refractivity contribution in [1.82, 2.24) is 10.4 Å². The molecule has 20 heavy (non-hydrogen) atoms. The molecule has 0 saturated heterocycles. The van der Waals surface area contributed by atoms with E-state index in [1.165, 1.54) is 6.20 Å². The summed E-state index contributed by atoms with van der Waals surface area (Å²) in [5.74, 6) is 5.33. The average molecular weight is 309 g/mol. The highest BCUT2D eigenvalue weighted by Gasteiger charge is 2.06. The van der Waals surface area contributed by atoms with Crippen molar-refractivity contribution in [2.45, 2.75) is 10.6 Å². The first-order chi connectivity index (χ1) is 9.60. The van der Waals surface area contributed by atoms with E-state index in [1.54, 1.807) is 36.0 Å². The van der Waals surface area contributed by atoms with Gasteiger partial charge in [0.05, 0.1) is 16.3 Å². The van der Waals surface area contributed by atoms with Crippen LogP contribution in [0.5, 0.6) is 0 Å². The Balaban J connectivity index is 2.02. The number of pyridine rings is 1. The third-order valence-electron chi connectivity index (χ3n) is 2.55. The van der Waals surface area contributed by atoms with Crippen molar-refractivity contribution in [2.24, 2.45) is 5.84 Å². The molecule has 0 radical (unpaired) electrons. The topological polar surface area (TPSA) is 94.0 Å². The van der Waals surface area contributed by atoms with E-state index < -0.39 is 0 Å². The number of amides is 1. The summed E-state index contributed by atoms with van der Waals surface area (Å²) in [5, 5.41) is 0.620. The molecular formula is C13H13ClN4OS. The number of thioether (sulfide) groups is 1. The molecule has 1 amide bonds. The number of anilines is 1. The fourth-order valence-electron chi connectivity index (χ4n) is 1.51. The zero-order valence-electron chi connectivity index (χ0n) is 10.5. The number of nitrogen functional groups attached to an aromatic ring is 2. The van der Waals surface area contributed by atoms with E-state index in [0.29, 0.717) is 22.0 Å². The number of aromatic nitrogens is 1. The summed E-state index contributed by atoms with van der Waals surface area (Å²) in [4.78, 5) is 16.4. The van der Waals surface area contributed by atoms with E-state index >= 15 is 0 Å². The smallest absolute Gasteiger partial charge is 0.266 e. The summed E-state index contributed by atoms with van der Waals surface area (Å²) in [6.45, 7) is 0. The number of halogens is 1. The Morgan fingerprint density at radius 3 is 2.75 bits per heavy atom. The highest BCUT2D eigenvalue weighted by atomic mass is 35.5. The molecule has 104 valence electrons. The number of nitrogens with two attached hydrogens (primary N) is 2. The first-order valence-corrected chi connectivity index (χ1v) is 7.10. The molecular weight excluding hydrogens is 296 g/mol. The van der Waals surface area contributed by atoms with Crippen LogP contribution in [0.15, 0.2) is 41.4 Å². The van der Waals surface area contributed by atoms with Crippen molar-refractivity contribution in [2.75, 3.05) is 5.73 Å². The van der Waals surface area contributed by atoms with Crippen LogP contribution in [0, 0.1) is 0 Å². The number of nitrogens with zero attached hydrogens (tertiary/aromatic N) is 1. The summed E-state index contributed by atoms with van der Waals surface area (Å²) >= 11 is 7.65. The van der Waals surface area contributed by atoms with Crippen LogP contribution in [-0.4, -0.2) is 10.9 Å². The van der Waals surface area contributed by atoms with Crippen molar-refractivity contribution in [1.29, 1.82) is 0 Å². The van der Waals surface area contributed by atoms with Crippen molar-refractivity contribution in [3.05, 3.63) is 52.8 Å². The molecule has 2 rings (SSSR count). The average Bonchev–Trinajstić information content (AvgIpc) is 2.46. The second-order valence-corrected chi connectivity index (χ2v) is 5.41. The first-order valence-electron chi connectivity index (χ1n) is 5.74. The van der Waals surface area contributed by atoms with Crippen LogP contribution in [0.2, 0.25) is 5.02 Å². The van der Waals surface area contributed by atoms with Crippen LogP contribution in [0.3, 0.4) is 0 Å². The molecule has 0 saturated carbocycles. The molecule has 0 aliphatic heterocycles. The molecule has 1 heterocycles. The molecule has 5 N–H and O–H groups in total. The minimum absolute atomic E-state index is 0.363. The van der Waals surface area contributed by atoms with Crippen LogP contribution in [0.25, 0.3) is 0 Å². The Kier molecular flexibility index (Phi) is 4.84. The van der Waals surface area contributed by atoms with Gasteiger partial charge in [-0.15, -0.1) is 11.8 Å². The van der Waals surface area contributed by atoms with E-state index in [9.17, 15) is 4.79 Å². The van der Waals surface area contributed by atoms with Gasteiger partial charge >= 0.3 is 0 Å². The summed E-state index contributed by atoms with van der Waals surface area (Å²) in [7, 11) is 0. The predicted molar refractivity (Wildman–Crippen MR) is 81.3 cm³/mol. The van der Waals surface area contributed by atoms with Gasteiger partial charge in [0.25, 0.3) is 5.91 Å². The quantitative estimate of drug-likeness (QED) is 0.265. The van der Waals surface area contributed by atoms with E-state index in [1.807, 2.05) is 6.07 Å². The number of carbonyl (C=O) groups is 1. The monoisotopic (exact) mass is 308 g/mol. The lowest BCUT2D eigenvalue weighted by atomic mass is 10.2. The van der Waals surface area contributed by atoms with Gasteiger partial charge < -0.3 is 5.73 Å². The highest BCUT2D eigenvalue weighted by molar-refractivity contribution is 7.98. The van der Waals surface area contributed by atoms with Gasteiger partial charge in [-0.05, 0) is 30.3 Å². The number of benzene rings is 1. The standard InChI is InChI=1S/C13H13ClN4OS/c14-11-5-9(15)2-4-12(11)20-7-10-3-1-8(6-17-10)13(19)18-16/h1-6H,7,15-16H2,(H,18,19). The molecule has 0 atom stereocenters. The molecule has 1 aromatic heterocycles. The fourth-order valence-corrected chi connectivity index (χ4v) is 2.70. The highest BCUT2D eigenvalue weighted by Crippen LogP contribution is 2.30. The Labute approximate surface area is 125 Å². The third-order valence-corrected chi connectivity index (χ3v) is 4.08. The van der Waals surface area contributed by atoms with Crippen molar-refractivity contribution >= 4 is 35.0 Å². The predicted octanol–water partition coefficient (Wildman–Crippen LogP) is 2.21. The summed E-state index contributed by atoms with van der Waals surface area (Å²) < 4.78 is 0. The van der Waals surface area contributed by atoms with Crippen LogP contribution >= 0.6 is 23.4 Å². The Morgan fingerprint density at radius 2 is 2.15 bits per heavy atom. The lowest BCUT2D eigenvalue weighted by Gasteiger charge is -2.05. The van der Waals surface area contributed by atoms with Gasteiger partial charge in [-0.3, -0.25) is 15.2 Å². The minimum atomic E-state index is -0.363. The number of hydrogen-bond donors (Lipinski definition) is 3. The normalized spacial score (nSPS) is 10.3. The molecule has 0 aliphatic rings. The fraction of sp³-hybridized carbons (Fsp3) is 0.0769. The molecule has 0 spiro atoms. The van der Waals surface area contributed by atoms with Gasteiger partial charge in [0.1, 0.15) is 0 Å². The maximum absolute atomic E-state index is 11.3. The molecule has 1 aromatic carbocycles. The van der Waals surface area contributed by atoms with Gasteiger partial charge in [0.15, 0.2) is 0 Å². The van der Waals surface area contributed by atoms with Crippen LogP contribution in [0.4, 0.5) is 5.69 Å². The van der Waals surface area contributed by atoms with E-state index in [0.717, 1.165) is 10.6 Å². The Morgan fingerprint density at radius 1 is 1.35 bits per heavy atom. The van der Waals surface area contributed by atoms with E-state index in [4.69, 9.17) is 23.2 Å². The number of carbonyl (C=O) groups excluding carboxylic acids is 1. The summed E-state index contributed by atoms with van der Waals surface area (Å²) in [5.41, 5.74) is 9.60. The Hall–Kier alpha value is -1.76. The van der Waals surface area contributed by atoms with E-state index in [2.05, 4.69) is 10.4 Å². The lowest BCUT2D eigenvalue weighted by Crippen LogP contribution is -2.30. The van der Waals surface area contributed by atoms with Crippen molar-refractivity contribution in [3.63, 3.8) is 0 Å². The second kappa shape index (κ2) is 6.60. The van der Waals surface area contributed by atoms with Crippen LogP contribution in [-0.2, 0) is 5.75 Å². The summed E-state index contributed by atoms with van der Waals surface area (Å²) in [6, 6.07) is 8.85. The van der Waals surface area contributed by atoms with E-state index in [-0.39, 0.29) is 5.91 Å². The van der Waals surface area contributed by atoms with Crippen LogP contribution < -0.4 is 17.0 Å². The Bertz CT molecular complexity index is 618. The summed E-state index contributed by atoms with van der Waals surface area (Å²) in [6.07, 6.45) is 1.49. The van der Waals surface area contributed by atoms with Gasteiger partial charge in [-0.1, -0.05) is 11.6 Å². The molecule has 0 fully saturated rings. The molecule has 5 nitrogen and oxygen atoms in total. The van der Waals surface area contributed by atoms with Gasteiger partial charge in [0, 0.05) is 22.5 Å². The molecule has 0 unspecified atom stereocenters. The van der Waals surface area contributed by atoms with Gasteiger partial charge in [-0.2, -0.15) is 0 Å². The third kappa shape index (κ3) is 3.63. The van der Waals surface area contributed by atoms with Crippen molar-refractivity contribution < 1.29 is 4.79 Å². The maximum atomic E-state index is 11.3. The minimum Gasteiger partial charge on any atom is -0.399 e. The lowest BCUT2D eigenvalue weighted by molar-refractivity contribution is 0.0953. The van der Waals surface area contributed by atoms with Gasteiger partial charge in [-0.25, -0.2) is 5.84 Å². The zero-order valence-corrected chi connectivity index (χ0v) is 12.0. The maximum Gasteiger partial charge on any atom is 0.266 e. The number of hydrogen-bond acceptors (Lipinski definition) is 5. The zero-order chi connectivity index (χ0) is 14.5. The molecule has 7 heteroatoms. The SMILES string of the molecule is NNC(=O)c1ccc(CSc2ccc(N)cc2Cl)nc1. The second-order valence-electron chi connectivity index (χ2n) is 3.99. The molecule has 0 bridgehead atoms. The number of nitrogens with one attached hydrogen (secondary N) is 1. The molecule has 0 aliphatic carbocycles.